The number of rotatable bonds is 3. The second-order valence-corrected chi connectivity index (χ2v) is 11.4. The molecule has 6 rings (SSSR count). The second kappa shape index (κ2) is 8.30. The molecule has 0 N–H and O–H groups in total. The van der Waals surface area contributed by atoms with Crippen molar-refractivity contribution in [2.24, 2.45) is 17.8 Å². The molecular weight excluding hydrogens is 408 g/mol. The molecule has 176 valence electrons. The first-order valence-corrected chi connectivity index (χ1v) is 13.2. The van der Waals surface area contributed by atoms with Gasteiger partial charge in [0.1, 0.15) is 6.10 Å². The number of hydrogen-bond acceptors (Lipinski definition) is 3. The Balaban J connectivity index is 1.26. The highest BCUT2D eigenvalue weighted by molar-refractivity contribution is 5.99. The number of esters is 1. The number of fused-ring (bicyclic) bond motifs is 3. The molecule has 5 atom stereocenters. The van der Waals surface area contributed by atoms with Crippen LogP contribution in [0, 0.1) is 17.8 Å². The van der Waals surface area contributed by atoms with Crippen LogP contribution in [0.25, 0.3) is 16.5 Å². The number of ether oxygens (including phenoxy) is 1. The van der Waals surface area contributed by atoms with Gasteiger partial charge in [0.25, 0.3) is 0 Å². The van der Waals surface area contributed by atoms with Gasteiger partial charge >= 0.3 is 5.97 Å². The molecule has 0 spiro atoms. The van der Waals surface area contributed by atoms with Crippen LogP contribution in [-0.4, -0.2) is 41.2 Å². The molecule has 33 heavy (non-hydrogen) atoms. The zero-order chi connectivity index (χ0) is 22.7. The summed E-state index contributed by atoms with van der Waals surface area (Å²) >= 11 is 0. The second-order valence-electron chi connectivity index (χ2n) is 11.4. The van der Waals surface area contributed by atoms with Crippen molar-refractivity contribution in [3.05, 3.63) is 41.6 Å². The highest BCUT2D eigenvalue weighted by atomic mass is 16.5. The van der Waals surface area contributed by atoms with E-state index in [1.165, 1.54) is 59.7 Å². The largest absolute Gasteiger partial charge is 0.462 e. The molecule has 3 aliphatic carbocycles. The van der Waals surface area contributed by atoms with E-state index in [-0.39, 0.29) is 18.0 Å². The number of benzene rings is 1. The van der Waals surface area contributed by atoms with Crippen LogP contribution >= 0.6 is 0 Å². The number of nitrogens with zero attached hydrogens (tertiary/aromatic N) is 2. The number of carbonyl (C=O) groups is 1. The van der Waals surface area contributed by atoms with E-state index < -0.39 is 0 Å². The Kier molecular flexibility index (Phi) is 5.40. The van der Waals surface area contributed by atoms with Crippen molar-refractivity contribution in [1.82, 2.24) is 9.47 Å². The van der Waals surface area contributed by atoms with Crippen LogP contribution in [0.4, 0.5) is 0 Å². The SMILES string of the molecule is CC(C)n1cc2c3c(cccc31)C1=C[C@@H](C(=O)OC3CCC4CCCCC4C3)CN(C)[C@@H]1C2. The molecule has 1 aromatic heterocycles. The molecule has 4 nitrogen and oxygen atoms in total. The van der Waals surface area contributed by atoms with Crippen LogP contribution in [0.5, 0.6) is 0 Å². The van der Waals surface area contributed by atoms with Gasteiger partial charge < -0.3 is 9.30 Å². The Hall–Kier alpha value is -2.07. The average Bonchev–Trinajstić information content (AvgIpc) is 3.20. The third-order valence-corrected chi connectivity index (χ3v) is 9.05. The molecule has 4 aliphatic rings. The fourth-order valence-electron chi connectivity index (χ4n) is 7.35. The molecule has 0 saturated heterocycles. The molecule has 1 aliphatic heterocycles. The standard InChI is InChI=1S/C29H38N2O2/c1-18(2)31-17-21-15-27-25(24-9-6-10-26(31)28(21)24)14-22(16-30(27)3)29(32)33-23-12-11-19-7-4-5-8-20(19)13-23/h6,9-10,14,17-20,22-23,27H,4-5,7-8,11-13,15-16H2,1-3H3/t19?,20?,22-,23?,27-/m1/s1. The van der Waals surface area contributed by atoms with E-state index in [0.717, 1.165) is 37.6 Å². The minimum atomic E-state index is -0.172. The van der Waals surface area contributed by atoms with Gasteiger partial charge in [-0.15, -0.1) is 0 Å². The first-order chi connectivity index (χ1) is 16.0. The maximum Gasteiger partial charge on any atom is 0.314 e. The van der Waals surface area contributed by atoms with Gasteiger partial charge in [-0.1, -0.05) is 43.9 Å². The highest BCUT2D eigenvalue weighted by Gasteiger charge is 2.39. The van der Waals surface area contributed by atoms with Gasteiger partial charge in [0.05, 0.1) is 5.92 Å². The molecule has 0 amide bonds. The maximum atomic E-state index is 13.3. The van der Waals surface area contributed by atoms with Gasteiger partial charge in [-0.25, -0.2) is 0 Å². The van der Waals surface area contributed by atoms with Crippen LogP contribution in [0.1, 0.15) is 76.0 Å². The predicted molar refractivity (Wildman–Crippen MR) is 133 cm³/mol. The Morgan fingerprint density at radius 2 is 1.91 bits per heavy atom. The first kappa shape index (κ1) is 21.5. The fraction of sp³-hybridized carbons (Fsp3) is 0.621. The summed E-state index contributed by atoms with van der Waals surface area (Å²) in [4.78, 5) is 15.7. The summed E-state index contributed by atoms with van der Waals surface area (Å²) in [6, 6.07) is 7.44. The van der Waals surface area contributed by atoms with Crippen molar-refractivity contribution in [3.8, 4) is 0 Å². The van der Waals surface area contributed by atoms with Crippen molar-refractivity contribution in [1.29, 1.82) is 0 Å². The predicted octanol–water partition coefficient (Wildman–Crippen LogP) is 5.99. The molecule has 4 heteroatoms. The Morgan fingerprint density at radius 3 is 2.73 bits per heavy atom. The number of aromatic nitrogens is 1. The number of hydrogen-bond donors (Lipinski definition) is 0. The first-order valence-electron chi connectivity index (χ1n) is 13.2. The summed E-state index contributed by atoms with van der Waals surface area (Å²) < 4.78 is 8.57. The van der Waals surface area contributed by atoms with Gasteiger partial charge in [0.15, 0.2) is 0 Å². The van der Waals surface area contributed by atoms with Crippen LogP contribution in [0.2, 0.25) is 0 Å². The van der Waals surface area contributed by atoms with Gasteiger partial charge in [-0.05, 0) is 81.2 Å². The van der Waals surface area contributed by atoms with Gasteiger partial charge in [-0.3, -0.25) is 9.69 Å². The summed E-state index contributed by atoms with van der Waals surface area (Å²) in [5.74, 6) is 1.48. The summed E-state index contributed by atoms with van der Waals surface area (Å²) in [6.07, 6.45) is 14.6. The maximum absolute atomic E-state index is 13.3. The Morgan fingerprint density at radius 1 is 1.09 bits per heavy atom. The molecule has 2 fully saturated rings. The minimum absolute atomic E-state index is 0.00946. The van der Waals surface area contributed by atoms with Crippen LogP contribution in [-0.2, 0) is 16.0 Å². The quantitative estimate of drug-likeness (QED) is 0.543. The lowest BCUT2D eigenvalue weighted by molar-refractivity contribution is -0.156. The average molecular weight is 447 g/mol. The zero-order valence-corrected chi connectivity index (χ0v) is 20.4. The molecule has 2 saturated carbocycles. The highest BCUT2D eigenvalue weighted by Crippen LogP contribution is 2.44. The van der Waals surface area contributed by atoms with Crippen molar-refractivity contribution in [3.63, 3.8) is 0 Å². The van der Waals surface area contributed by atoms with Gasteiger partial charge in [-0.2, -0.15) is 0 Å². The smallest absolute Gasteiger partial charge is 0.314 e. The van der Waals surface area contributed by atoms with Crippen molar-refractivity contribution < 1.29 is 9.53 Å². The number of carbonyl (C=O) groups excluding carboxylic acids is 1. The van der Waals surface area contributed by atoms with Crippen molar-refractivity contribution in [2.75, 3.05) is 13.6 Å². The molecule has 0 bridgehead atoms. The fourth-order valence-corrected chi connectivity index (χ4v) is 7.35. The lowest BCUT2D eigenvalue weighted by atomic mass is 9.70. The van der Waals surface area contributed by atoms with Crippen molar-refractivity contribution in [2.45, 2.75) is 83.4 Å². The normalized spacial score (nSPS) is 31.8. The topological polar surface area (TPSA) is 34.5 Å². The van der Waals surface area contributed by atoms with E-state index in [1.807, 2.05) is 0 Å². The lowest BCUT2D eigenvalue weighted by Crippen LogP contribution is -2.45. The molecule has 0 radical (unpaired) electrons. The molecule has 2 aromatic rings. The third-order valence-electron chi connectivity index (χ3n) is 9.05. The van der Waals surface area contributed by atoms with E-state index in [4.69, 9.17) is 4.74 Å². The van der Waals surface area contributed by atoms with Gasteiger partial charge in [0, 0.05) is 35.7 Å². The summed E-state index contributed by atoms with van der Waals surface area (Å²) in [7, 11) is 2.18. The molecule has 2 heterocycles. The van der Waals surface area contributed by atoms with E-state index in [2.05, 4.69) is 60.8 Å². The van der Waals surface area contributed by atoms with E-state index in [9.17, 15) is 4.79 Å². The van der Waals surface area contributed by atoms with E-state index in [1.54, 1.807) is 0 Å². The molecule has 1 aromatic carbocycles. The van der Waals surface area contributed by atoms with Crippen molar-refractivity contribution >= 4 is 22.4 Å². The third kappa shape index (κ3) is 3.65. The summed E-state index contributed by atoms with van der Waals surface area (Å²) in [5.41, 5.74) is 5.38. The van der Waals surface area contributed by atoms with E-state index in [0.29, 0.717) is 12.1 Å². The Labute approximate surface area is 198 Å². The minimum Gasteiger partial charge on any atom is -0.462 e. The molecular formula is C29H38N2O2. The van der Waals surface area contributed by atoms with Crippen LogP contribution < -0.4 is 0 Å². The lowest BCUT2D eigenvalue weighted by Gasteiger charge is -2.41. The van der Waals surface area contributed by atoms with E-state index >= 15 is 0 Å². The zero-order valence-electron chi connectivity index (χ0n) is 20.4. The van der Waals surface area contributed by atoms with Crippen LogP contribution in [0.15, 0.2) is 30.5 Å². The Bertz CT molecular complexity index is 1100. The summed E-state index contributed by atoms with van der Waals surface area (Å²) in [5, 5.41) is 1.38. The van der Waals surface area contributed by atoms with Crippen LogP contribution in [0.3, 0.4) is 0 Å². The monoisotopic (exact) mass is 446 g/mol. The molecule has 3 unspecified atom stereocenters. The number of likely N-dealkylation sites (N-methyl/N-ethyl adjacent to an activating group) is 1. The summed E-state index contributed by atoms with van der Waals surface area (Å²) in [6.45, 7) is 5.25. The van der Waals surface area contributed by atoms with Gasteiger partial charge in [0.2, 0.25) is 0 Å².